The minimum atomic E-state index is -3.54. The molecule has 1 aromatic heterocycles. The summed E-state index contributed by atoms with van der Waals surface area (Å²) < 4.78 is 23.9. The van der Waals surface area contributed by atoms with Gasteiger partial charge in [0.2, 0.25) is 5.95 Å². The van der Waals surface area contributed by atoms with Gasteiger partial charge in [-0.3, -0.25) is 10.7 Å². The Labute approximate surface area is 140 Å². The van der Waals surface area contributed by atoms with E-state index in [2.05, 4.69) is 20.6 Å². The molecule has 128 valence electrons. The Kier molecular flexibility index (Phi) is 5.47. The van der Waals surface area contributed by atoms with Crippen molar-refractivity contribution in [1.82, 2.24) is 9.97 Å². The Bertz CT molecular complexity index is 832. The van der Waals surface area contributed by atoms with Crippen LogP contribution in [0.1, 0.15) is 11.4 Å². The van der Waals surface area contributed by atoms with E-state index in [1.54, 1.807) is 12.1 Å². The van der Waals surface area contributed by atoms with E-state index < -0.39 is 16.4 Å². The van der Waals surface area contributed by atoms with Crippen molar-refractivity contribution in [2.75, 3.05) is 23.0 Å². The number of aliphatic hydroxyl groups excluding tert-OH is 1. The Morgan fingerprint density at radius 2 is 1.83 bits per heavy atom. The zero-order valence-electron chi connectivity index (χ0n) is 13.4. The van der Waals surface area contributed by atoms with E-state index in [1.807, 2.05) is 19.9 Å². The zero-order chi connectivity index (χ0) is 17.7. The first kappa shape index (κ1) is 17.8. The van der Waals surface area contributed by atoms with Crippen molar-refractivity contribution in [2.24, 2.45) is 0 Å². The molecule has 9 heteroatoms. The maximum absolute atomic E-state index is 12.0. The molecule has 1 heterocycles. The average Bonchev–Trinajstić information content (AvgIpc) is 2.46. The molecule has 0 radical (unpaired) electrons. The number of guanidine groups is 1. The van der Waals surface area contributed by atoms with Crippen molar-refractivity contribution in [3.8, 4) is 0 Å². The third-order valence-electron chi connectivity index (χ3n) is 3.04. The average molecular weight is 349 g/mol. The normalized spacial score (nSPS) is 11.1. The number of aryl methyl sites for hydroxylation is 2. The van der Waals surface area contributed by atoms with Crippen LogP contribution in [0, 0.1) is 19.3 Å². The molecule has 0 fully saturated rings. The van der Waals surface area contributed by atoms with E-state index in [0.29, 0.717) is 5.69 Å². The van der Waals surface area contributed by atoms with Crippen molar-refractivity contribution < 1.29 is 13.5 Å². The Hall–Kier alpha value is -2.52. The second-order valence-electron chi connectivity index (χ2n) is 5.17. The highest BCUT2D eigenvalue weighted by atomic mass is 32.2. The number of sulfone groups is 1. The molecule has 0 amide bonds. The van der Waals surface area contributed by atoms with Crippen LogP contribution in [0.2, 0.25) is 0 Å². The minimum absolute atomic E-state index is 0.0806. The molecule has 2 aromatic rings. The molecule has 0 bridgehead atoms. The van der Waals surface area contributed by atoms with Gasteiger partial charge in [0.15, 0.2) is 15.8 Å². The lowest BCUT2D eigenvalue weighted by molar-refractivity contribution is 0.319. The summed E-state index contributed by atoms with van der Waals surface area (Å²) >= 11 is 0. The highest BCUT2D eigenvalue weighted by Crippen LogP contribution is 2.17. The number of anilines is 2. The largest absolute Gasteiger partial charge is 0.395 e. The summed E-state index contributed by atoms with van der Waals surface area (Å²) in [5.74, 6) is -0.145. The topological polar surface area (TPSA) is 128 Å². The van der Waals surface area contributed by atoms with E-state index in [9.17, 15) is 8.42 Å². The number of aliphatic hydroxyl groups is 1. The van der Waals surface area contributed by atoms with Gasteiger partial charge in [-0.15, -0.1) is 0 Å². The summed E-state index contributed by atoms with van der Waals surface area (Å²) in [5.41, 5.74) is 1.97. The summed E-state index contributed by atoms with van der Waals surface area (Å²) in [4.78, 5) is 8.42. The summed E-state index contributed by atoms with van der Waals surface area (Å²) in [6.07, 6.45) is 0. The predicted molar refractivity (Wildman–Crippen MR) is 92.1 cm³/mol. The minimum Gasteiger partial charge on any atom is -0.395 e. The number of rotatable bonds is 5. The van der Waals surface area contributed by atoms with Crippen molar-refractivity contribution in [3.05, 3.63) is 41.7 Å². The van der Waals surface area contributed by atoms with Crippen LogP contribution in [-0.4, -0.2) is 41.8 Å². The molecule has 0 atom stereocenters. The number of nitrogens with one attached hydrogen (secondary N) is 3. The molecule has 8 nitrogen and oxygen atoms in total. The summed E-state index contributed by atoms with van der Waals surface area (Å²) in [7, 11) is -3.54. The Morgan fingerprint density at radius 3 is 2.46 bits per heavy atom. The monoisotopic (exact) mass is 349 g/mol. The zero-order valence-corrected chi connectivity index (χ0v) is 14.2. The molecule has 0 spiro atoms. The van der Waals surface area contributed by atoms with Crippen LogP contribution < -0.4 is 10.6 Å². The maximum atomic E-state index is 12.0. The smallest absolute Gasteiger partial charge is 0.229 e. The van der Waals surface area contributed by atoms with Gasteiger partial charge in [-0.1, -0.05) is 6.07 Å². The van der Waals surface area contributed by atoms with Gasteiger partial charge in [-0.25, -0.2) is 18.4 Å². The van der Waals surface area contributed by atoms with E-state index in [1.165, 1.54) is 12.1 Å². The fraction of sp³-hybridized carbons (Fsp3) is 0.267. The number of hydrogen-bond donors (Lipinski definition) is 4. The third-order valence-corrected chi connectivity index (χ3v) is 4.73. The molecular weight excluding hydrogens is 330 g/mol. The highest BCUT2D eigenvalue weighted by molar-refractivity contribution is 7.91. The van der Waals surface area contributed by atoms with Crippen LogP contribution in [0.15, 0.2) is 35.2 Å². The van der Waals surface area contributed by atoms with E-state index in [4.69, 9.17) is 10.5 Å². The third kappa shape index (κ3) is 4.74. The highest BCUT2D eigenvalue weighted by Gasteiger charge is 2.14. The summed E-state index contributed by atoms with van der Waals surface area (Å²) in [5, 5.41) is 22.2. The van der Waals surface area contributed by atoms with E-state index in [0.717, 1.165) is 11.4 Å². The fourth-order valence-electron chi connectivity index (χ4n) is 2.07. The van der Waals surface area contributed by atoms with E-state index in [-0.39, 0.29) is 22.6 Å². The molecule has 24 heavy (non-hydrogen) atoms. The van der Waals surface area contributed by atoms with Crippen LogP contribution in [-0.2, 0) is 9.84 Å². The predicted octanol–water partition coefficient (Wildman–Crippen LogP) is 1.32. The van der Waals surface area contributed by atoms with Gasteiger partial charge >= 0.3 is 0 Å². The molecular formula is C15H19N5O3S. The first-order valence-corrected chi connectivity index (χ1v) is 8.84. The number of benzene rings is 1. The van der Waals surface area contributed by atoms with Crippen LogP contribution in [0.5, 0.6) is 0 Å². The van der Waals surface area contributed by atoms with Crippen molar-refractivity contribution in [1.29, 1.82) is 5.41 Å². The van der Waals surface area contributed by atoms with Gasteiger partial charge in [0.05, 0.1) is 17.3 Å². The number of nitrogens with zero attached hydrogens (tertiary/aromatic N) is 2. The molecule has 0 aliphatic heterocycles. The van der Waals surface area contributed by atoms with Crippen LogP contribution in [0.4, 0.5) is 11.6 Å². The Morgan fingerprint density at radius 1 is 1.17 bits per heavy atom. The lowest BCUT2D eigenvalue weighted by Crippen LogP contribution is -2.22. The first-order chi connectivity index (χ1) is 11.3. The van der Waals surface area contributed by atoms with Crippen LogP contribution in [0.25, 0.3) is 0 Å². The number of aromatic nitrogens is 2. The van der Waals surface area contributed by atoms with Gasteiger partial charge in [0.25, 0.3) is 0 Å². The summed E-state index contributed by atoms with van der Waals surface area (Å²) in [6, 6.07) is 7.87. The molecule has 0 unspecified atom stereocenters. The standard InChI is InChI=1S/C15H19N5O3S/c1-10-8-11(2)18-15(17-10)20-14(16)19-12-4-3-5-13(9-12)24(22,23)7-6-21/h3-5,8-9,21H,6-7H2,1-2H3,(H3,16,17,18,19,20). The lowest BCUT2D eigenvalue weighted by Gasteiger charge is -2.11. The van der Waals surface area contributed by atoms with Crippen molar-refractivity contribution in [3.63, 3.8) is 0 Å². The second kappa shape index (κ2) is 7.37. The molecule has 0 aliphatic carbocycles. The molecule has 0 saturated heterocycles. The van der Waals surface area contributed by atoms with Crippen LogP contribution in [0.3, 0.4) is 0 Å². The lowest BCUT2D eigenvalue weighted by atomic mass is 10.3. The second-order valence-corrected chi connectivity index (χ2v) is 7.28. The van der Waals surface area contributed by atoms with Gasteiger partial charge in [-0.2, -0.15) is 0 Å². The fourth-order valence-corrected chi connectivity index (χ4v) is 3.14. The number of hydrogen-bond acceptors (Lipinski definition) is 6. The van der Waals surface area contributed by atoms with Gasteiger partial charge in [-0.05, 0) is 38.1 Å². The molecule has 1 aromatic carbocycles. The van der Waals surface area contributed by atoms with Crippen molar-refractivity contribution >= 4 is 27.4 Å². The Balaban J connectivity index is 2.12. The molecule has 0 saturated carbocycles. The van der Waals surface area contributed by atoms with Gasteiger partial charge in [0.1, 0.15) is 0 Å². The quantitative estimate of drug-likeness (QED) is 0.473. The molecule has 2 rings (SSSR count). The summed E-state index contributed by atoms with van der Waals surface area (Å²) in [6.45, 7) is 3.21. The van der Waals surface area contributed by atoms with Crippen molar-refractivity contribution in [2.45, 2.75) is 18.7 Å². The SMILES string of the molecule is Cc1cc(C)nc(NC(=N)Nc2cccc(S(=O)(=O)CCO)c2)n1. The first-order valence-electron chi connectivity index (χ1n) is 7.19. The van der Waals surface area contributed by atoms with Gasteiger partial charge < -0.3 is 10.4 Å². The molecule has 4 N–H and O–H groups in total. The maximum Gasteiger partial charge on any atom is 0.229 e. The van der Waals surface area contributed by atoms with E-state index >= 15 is 0 Å². The van der Waals surface area contributed by atoms with Gasteiger partial charge in [0, 0.05) is 17.1 Å². The molecule has 0 aliphatic rings. The van der Waals surface area contributed by atoms with Crippen LogP contribution >= 0.6 is 0 Å².